The highest BCUT2D eigenvalue weighted by Gasteiger charge is 2.21. The van der Waals surface area contributed by atoms with Crippen molar-refractivity contribution in [2.45, 2.75) is 11.4 Å². The molecule has 0 aliphatic carbocycles. The minimum Gasteiger partial charge on any atom is -0.477 e. The first-order valence-electron chi connectivity index (χ1n) is 13.0. The molecule has 3 aromatic carbocycles. The van der Waals surface area contributed by atoms with Crippen molar-refractivity contribution in [3.8, 4) is 5.69 Å². The lowest BCUT2D eigenvalue weighted by atomic mass is 10.1. The lowest BCUT2D eigenvalue weighted by Crippen LogP contribution is -2.46. The normalized spacial score (nSPS) is 13.6. The predicted molar refractivity (Wildman–Crippen MR) is 158 cm³/mol. The van der Waals surface area contributed by atoms with Crippen molar-refractivity contribution in [1.29, 1.82) is 0 Å². The summed E-state index contributed by atoms with van der Waals surface area (Å²) in [6, 6.07) is 21.9. The Morgan fingerprint density at radius 1 is 0.950 bits per heavy atom. The number of hydrogen-bond acceptors (Lipinski definition) is 7. The van der Waals surface area contributed by atoms with E-state index in [2.05, 4.69) is 50.4 Å². The number of para-hydroxylation sites is 1. The van der Waals surface area contributed by atoms with Crippen LogP contribution in [-0.2, 0) is 6.54 Å². The number of carboxylic acid groups (broad SMARTS) is 1. The molecule has 0 saturated carbocycles. The summed E-state index contributed by atoms with van der Waals surface area (Å²) in [5.41, 5.74) is 4.00. The summed E-state index contributed by atoms with van der Waals surface area (Å²) in [5, 5.41) is 14.3. The van der Waals surface area contributed by atoms with Gasteiger partial charge >= 0.3 is 5.97 Å². The zero-order valence-corrected chi connectivity index (χ0v) is 22.8. The number of hydrogen-bond donors (Lipinski definition) is 1. The maximum atomic E-state index is 13.1. The highest BCUT2D eigenvalue weighted by Crippen LogP contribution is 2.30. The van der Waals surface area contributed by atoms with Gasteiger partial charge in [-0.2, -0.15) is 5.10 Å². The number of anilines is 2. The monoisotopic (exact) mass is 552 g/mol. The second-order valence-corrected chi connectivity index (χ2v) is 10.5. The lowest BCUT2D eigenvalue weighted by molar-refractivity contribution is 0.0695. The second kappa shape index (κ2) is 10.9. The van der Waals surface area contributed by atoms with Gasteiger partial charge in [0.05, 0.1) is 17.7 Å². The standard InChI is InChI=1S/C30H28N6O3S/c1-40-28-5-3-2-4-26(28)34-14-12-33(13-15-34)23-10-11-24-27(16-23)36(18-25(29(24)37)30(38)39)22-8-6-21(7-9-22)17-35-20-31-19-32-35/h2-11,16,18-20H,12-15,17H2,1H3,(H,38,39). The van der Waals surface area contributed by atoms with E-state index >= 15 is 0 Å². The molecular formula is C30H28N6O3S. The first-order chi connectivity index (χ1) is 19.5. The molecule has 6 rings (SSSR count). The van der Waals surface area contributed by atoms with Gasteiger partial charge in [0.25, 0.3) is 0 Å². The zero-order chi connectivity index (χ0) is 27.6. The molecule has 0 radical (unpaired) electrons. The van der Waals surface area contributed by atoms with E-state index in [0.717, 1.165) is 43.1 Å². The van der Waals surface area contributed by atoms with Crippen LogP contribution in [0.3, 0.4) is 0 Å². The van der Waals surface area contributed by atoms with Crippen molar-refractivity contribution in [2.75, 3.05) is 42.2 Å². The summed E-state index contributed by atoms with van der Waals surface area (Å²) < 4.78 is 3.53. The van der Waals surface area contributed by atoms with Crippen LogP contribution in [-0.4, -0.2) is 62.8 Å². The molecule has 0 unspecified atom stereocenters. The topological polar surface area (TPSA) is 96.5 Å². The average molecular weight is 553 g/mol. The summed E-state index contributed by atoms with van der Waals surface area (Å²) in [7, 11) is 0. The van der Waals surface area contributed by atoms with Gasteiger partial charge in [-0.25, -0.2) is 14.5 Å². The summed E-state index contributed by atoms with van der Waals surface area (Å²) in [6.45, 7) is 4.01. The van der Waals surface area contributed by atoms with Crippen LogP contribution in [0.25, 0.3) is 16.6 Å². The van der Waals surface area contributed by atoms with Gasteiger partial charge in [-0.3, -0.25) is 4.79 Å². The van der Waals surface area contributed by atoms with Crippen LogP contribution in [0.15, 0.2) is 95.3 Å². The highest BCUT2D eigenvalue weighted by atomic mass is 32.2. The molecule has 1 N–H and O–H groups in total. The van der Waals surface area contributed by atoms with Crippen LogP contribution in [0.5, 0.6) is 0 Å². The minimum absolute atomic E-state index is 0.256. The molecule has 5 aromatic rings. The number of rotatable bonds is 7. The zero-order valence-electron chi connectivity index (χ0n) is 22.0. The van der Waals surface area contributed by atoms with Gasteiger partial charge in [-0.15, -0.1) is 11.8 Å². The second-order valence-electron chi connectivity index (χ2n) is 9.65. The van der Waals surface area contributed by atoms with E-state index in [1.165, 1.54) is 23.1 Å². The number of thioether (sulfide) groups is 1. The number of aromatic carboxylic acids is 1. The van der Waals surface area contributed by atoms with Gasteiger partial charge < -0.3 is 19.5 Å². The third-order valence-electron chi connectivity index (χ3n) is 7.32. The largest absolute Gasteiger partial charge is 0.477 e. The molecule has 1 aliphatic rings. The van der Waals surface area contributed by atoms with E-state index in [1.807, 2.05) is 36.4 Å². The molecule has 0 bridgehead atoms. The molecule has 1 saturated heterocycles. The van der Waals surface area contributed by atoms with Gasteiger partial charge in [-0.05, 0) is 54.3 Å². The number of pyridine rings is 1. The van der Waals surface area contributed by atoms with Crippen LogP contribution >= 0.6 is 11.8 Å². The van der Waals surface area contributed by atoms with Crippen LogP contribution in [0.2, 0.25) is 0 Å². The van der Waals surface area contributed by atoms with E-state index in [-0.39, 0.29) is 5.56 Å². The Bertz CT molecular complexity index is 1730. The number of nitrogens with zero attached hydrogens (tertiary/aromatic N) is 6. The van der Waals surface area contributed by atoms with Gasteiger partial charge in [-0.1, -0.05) is 24.3 Å². The number of fused-ring (bicyclic) bond motifs is 1. The molecule has 0 amide bonds. The van der Waals surface area contributed by atoms with Gasteiger partial charge in [0.2, 0.25) is 5.43 Å². The van der Waals surface area contributed by atoms with Crippen molar-refractivity contribution in [2.24, 2.45) is 0 Å². The molecule has 0 atom stereocenters. The van der Waals surface area contributed by atoms with E-state index in [0.29, 0.717) is 17.4 Å². The Morgan fingerprint density at radius 3 is 2.38 bits per heavy atom. The summed E-state index contributed by atoms with van der Waals surface area (Å²) in [4.78, 5) is 35.0. The fraction of sp³-hybridized carbons (Fsp3) is 0.200. The minimum atomic E-state index is -1.24. The number of carboxylic acids is 1. The predicted octanol–water partition coefficient (Wildman–Crippen LogP) is 4.38. The maximum Gasteiger partial charge on any atom is 0.341 e. The summed E-state index contributed by atoms with van der Waals surface area (Å²) in [5.74, 6) is -1.24. The molecule has 1 fully saturated rings. The van der Waals surface area contributed by atoms with E-state index in [9.17, 15) is 14.7 Å². The number of carbonyl (C=O) groups is 1. The van der Waals surface area contributed by atoms with E-state index < -0.39 is 11.4 Å². The average Bonchev–Trinajstić information content (AvgIpc) is 3.51. The molecule has 10 heteroatoms. The number of piperazine rings is 1. The molecule has 40 heavy (non-hydrogen) atoms. The fourth-order valence-corrected chi connectivity index (χ4v) is 5.86. The summed E-state index contributed by atoms with van der Waals surface area (Å²) >= 11 is 1.76. The van der Waals surface area contributed by atoms with Crippen LogP contribution in [0.4, 0.5) is 11.4 Å². The van der Waals surface area contributed by atoms with Crippen LogP contribution in [0, 0.1) is 0 Å². The van der Waals surface area contributed by atoms with Gasteiger partial charge in [0.1, 0.15) is 18.2 Å². The van der Waals surface area contributed by atoms with Crippen molar-refractivity contribution >= 4 is 40.0 Å². The number of benzene rings is 3. The molecule has 9 nitrogen and oxygen atoms in total. The quantitative estimate of drug-likeness (QED) is 0.297. The molecule has 0 spiro atoms. The van der Waals surface area contributed by atoms with Gasteiger partial charge in [0, 0.05) is 54.0 Å². The van der Waals surface area contributed by atoms with Crippen LogP contribution in [0.1, 0.15) is 15.9 Å². The van der Waals surface area contributed by atoms with Crippen molar-refractivity contribution in [3.05, 3.63) is 107 Å². The lowest BCUT2D eigenvalue weighted by Gasteiger charge is -2.38. The summed E-state index contributed by atoms with van der Waals surface area (Å²) in [6.07, 6.45) is 6.68. The smallest absolute Gasteiger partial charge is 0.341 e. The highest BCUT2D eigenvalue weighted by molar-refractivity contribution is 7.98. The first kappa shape index (κ1) is 25.7. The fourth-order valence-electron chi connectivity index (χ4n) is 5.24. The maximum absolute atomic E-state index is 13.1. The van der Waals surface area contributed by atoms with Gasteiger partial charge in [0.15, 0.2) is 0 Å². The van der Waals surface area contributed by atoms with E-state index in [1.54, 1.807) is 33.4 Å². The third-order valence-corrected chi connectivity index (χ3v) is 8.10. The molecular weight excluding hydrogens is 524 g/mol. The first-order valence-corrected chi connectivity index (χ1v) is 14.2. The van der Waals surface area contributed by atoms with Crippen LogP contribution < -0.4 is 15.2 Å². The Balaban J connectivity index is 1.33. The Hall–Kier alpha value is -4.57. The number of aromatic nitrogens is 4. The molecule has 1 aliphatic heterocycles. The molecule has 2 aromatic heterocycles. The van der Waals surface area contributed by atoms with Crippen molar-refractivity contribution < 1.29 is 9.90 Å². The Labute approximate surface area is 235 Å². The van der Waals surface area contributed by atoms with E-state index in [4.69, 9.17) is 0 Å². The third kappa shape index (κ3) is 4.93. The molecule has 202 valence electrons. The Kier molecular flexibility index (Phi) is 7.00. The van der Waals surface area contributed by atoms with Crippen molar-refractivity contribution in [1.82, 2.24) is 19.3 Å². The molecule has 3 heterocycles. The SMILES string of the molecule is CSc1ccccc1N1CCN(c2ccc3c(=O)c(C(=O)O)cn(-c4ccc(Cn5cncn5)cc4)c3c2)CC1. The van der Waals surface area contributed by atoms with Crippen molar-refractivity contribution in [3.63, 3.8) is 0 Å². The Morgan fingerprint density at radius 2 is 1.68 bits per heavy atom.